The Hall–Kier alpha value is -1.10. The summed E-state index contributed by atoms with van der Waals surface area (Å²) >= 11 is 0. The van der Waals surface area contributed by atoms with Gasteiger partial charge in [0.1, 0.15) is 6.73 Å². The molecule has 50 valence electrons. The van der Waals surface area contributed by atoms with Crippen molar-refractivity contribution < 1.29 is 19.4 Å². The van der Waals surface area contributed by atoms with Crippen molar-refractivity contribution in [3.05, 3.63) is 0 Å². The number of carbonyl (C=O) groups is 1. The second-order valence-electron chi connectivity index (χ2n) is 1.39. The van der Waals surface area contributed by atoms with Gasteiger partial charge in [0.25, 0.3) is 0 Å². The Morgan fingerprint density at radius 1 is 1.89 bits per heavy atom. The summed E-state index contributed by atoms with van der Waals surface area (Å²) in [6, 6.07) is 0. The first kappa shape index (κ1) is 6.03. The largest absolute Gasteiger partial charge is 0.477 e. The first-order chi connectivity index (χ1) is 4.30. The van der Waals surface area contributed by atoms with Crippen LogP contribution in [0, 0.1) is 0 Å². The van der Waals surface area contributed by atoms with E-state index < -0.39 is 12.3 Å². The predicted octanol–water partition coefficient (Wildman–Crippen LogP) is -0.570. The van der Waals surface area contributed by atoms with E-state index in [0.29, 0.717) is 0 Å². The third-order valence-corrected chi connectivity index (χ3v) is 0.761. The van der Waals surface area contributed by atoms with Crippen LogP contribution < -0.4 is 0 Å². The number of hydrogen-bond acceptors (Lipinski definition) is 4. The summed E-state index contributed by atoms with van der Waals surface area (Å²) in [5, 5.41) is 8.23. The summed E-state index contributed by atoms with van der Waals surface area (Å²) in [7, 11) is 0. The minimum Gasteiger partial charge on any atom is -0.477 e. The van der Waals surface area contributed by atoms with Crippen LogP contribution in [0.2, 0.25) is 0 Å². The van der Waals surface area contributed by atoms with Crippen LogP contribution in [0.25, 0.3) is 0 Å². The van der Waals surface area contributed by atoms with Gasteiger partial charge in [-0.3, -0.25) is 0 Å². The molecule has 0 aliphatic carbocycles. The van der Waals surface area contributed by atoms with E-state index in [1.54, 1.807) is 0 Å². The molecule has 0 aromatic carbocycles. The summed E-state index contributed by atoms with van der Waals surface area (Å²) in [6.07, 6.45) is -0.107. The molecule has 0 radical (unpaired) electrons. The molecule has 0 saturated carbocycles. The zero-order valence-electron chi connectivity index (χ0n) is 4.48. The molecular weight excluding hydrogens is 126 g/mol. The van der Waals surface area contributed by atoms with E-state index in [-0.39, 0.29) is 6.73 Å². The lowest BCUT2D eigenvalue weighted by molar-refractivity contribution is -0.175. The van der Waals surface area contributed by atoms with E-state index in [2.05, 4.69) is 14.5 Å². The first-order valence-corrected chi connectivity index (χ1v) is 2.29. The minimum atomic E-state index is -1.18. The molecule has 1 unspecified atom stereocenters. The van der Waals surface area contributed by atoms with Crippen LogP contribution in [-0.2, 0) is 14.3 Å². The Labute approximate surface area is 50.9 Å². The molecule has 0 saturated heterocycles. The Morgan fingerprint density at radius 2 is 2.67 bits per heavy atom. The molecule has 5 nitrogen and oxygen atoms in total. The smallest absolute Gasteiger partial charge is 0.374 e. The highest BCUT2D eigenvalue weighted by atomic mass is 16.7. The zero-order chi connectivity index (χ0) is 6.69. The molecule has 1 atom stereocenters. The number of nitrogens with zero attached hydrogens (tertiary/aromatic N) is 1. The fourth-order valence-corrected chi connectivity index (χ4v) is 0.408. The molecule has 0 spiro atoms. The number of hydrogen-bond donors (Lipinski definition) is 1. The summed E-state index contributed by atoms with van der Waals surface area (Å²) < 4.78 is 8.95. The lowest BCUT2D eigenvalue weighted by Gasteiger charge is -2.13. The van der Waals surface area contributed by atoms with E-state index in [4.69, 9.17) is 5.11 Å². The van der Waals surface area contributed by atoms with E-state index in [1.165, 1.54) is 0 Å². The van der Waals surface area contributed by atoms with Crippen LogP contribution in [0.4, 0.5) is 0 Å². The van der Waals surface area contributed by atoms with Gasteiger partial charge >= 0.3 is 12.3 Å². The predicted molar refractivity (Wildman–Crippen MR) is 27.0 cm³/mol. The lowest BCUT2D eigenvalue weighted by atomic mass is 10.6. The van der Waals surface area contributed by atoms with Crippen molar-refractivity contribution in [3.63, 3.8) is 0 Å². The molecule has 0 aromatic rings. The van der Waals surface area contributed by atoms with Gasteiger partial charge in [0.15, 0.2) is 6.40 Å². The van der Waals surface area contributed by atoms with E-state index in [0.717, 1.165) is 6.40 Å². The van der Waals surface area contributed by atoms with Crippen LogP contribution in [-0.4, -0.2) is 30.5 Å². The summed E-state index contributed by atoms with van der Waals surface area (Å²) in [4.78, 5) is 13.5. The van der Waals surface area contributed by atoms with Gasteiger partial charge in [0, 0.05) is 0 Å². The van der Waals surface area contributed by atoms with Gasteiger partial charge in [0.2, 0.25) is 0 Å². The van der Waals surface area contributed by atoms with Crippen molar-refractivity contribution in [2.45, 2.75) is 6.29 Å². The van der Waals surface area contributed by atoms with E-state index >= 15 is 0 Å². The van der Waals surface area contributed by atoms with Gasteiger partial charge in [0.05, 0.1) is 0 Å². The van der Waals surface area contributed by atoms with Gasteiger partial charge in [-0.15, -0.1) is 0 Å². The van der Waals surface area contributed by atoms with Crippen molar-refractivity contribution in [3.8, 4) is 0 Å². The highest BCUT2D eigenvalue weighted by Crippen LogP contribution is 1.97. The molecule has 1 heterocycles. The first-order valence-electron chi connectivity index (χ1n) is 2.29. The van der Waals surface area contributed by atoms with Crippen molar-refractivity contribution in [1.82, 2.24) is 0 Å². The van der Waals surface area contributed by atoms with Crippen molar-refractivity contribution >= 4 is 12.4 Å². The maximum atomic E-state index is 10.0. The Morgan fingerprint density at radius 3 is 3.00 bits per heavy atom. The summed E-state index contributed by atoms with van der Waals surface area (Å²) in [5.74, 6) is -1.14. The number of carboxylic acid groups (broad SMARTS) is 1. The third-order valence-electron chi connectivity index (χ3n) is 0.761. The average molecular weight is 131 g/mol. The molecule has 9 heavy (non-hydrogen) atoms. The standard InChI is InChI=1S/C4H5NO4/c6-3(7)4-8-1-5-2-9-4/h1,4H,2H2,(H,6,7). The number of rotatable bonds is 1. The summed E-state index contributed by atoms with van der Waals surface area (Å²) in [5.41, 5.74) is 0. The second kappa shape index (κ2) is 2.45. The molecule has 1 aliphatic rings. The zero-order valence-corrected chi connectivity index (χ0v) is 4.48. The maximum Gasteiger partial charge on any atom is 0.374 e. The molecular formula is C4H5NO4. The molecule has 5 heteroatoms. The molecule has 0 bridgehead atoms. The van der Waals surface area contributed by atoms with Gasteiger partial charge < -0.3 is 14.6 Å². The van der Waals surface area contributed by atoms with Gasteiger partial charge in [-0.25, -0.2) is 9.79 Å². The fourth-order valence-electron chi connectivity index (χ4n) is 0.408. The SMILES string of the molecule is O=C(O)C1OC=NCO1. The molecule has 1 rings (SSSR count). The Kier molecular flexibility index (Phi) is 1.64. The molecule has 0 fully saturated rings. The van der Waals surface area contributed by atoms with Crippen LogP contribution in [0.5, 0.6) is 0 Å². The van der Waals surface area contributed by atoms with Crippen LogP contribution in [0.1, 0.15) is 0 Å². The normalized spacial score (nSPS) is 25.1. The monoisotopic (exact) mass is 131 g/mol. The number of ether oxygens (including phenoxy) is 2. The second-order valence-corrected chi connectivity index (χ2v) is 1.39. The molecule has 0 amide bonds. The topological polar surface area (TPSA) is 68.1 Å². The molecule has 0 aromatic heterocycles. The highest BCUT2D eigenvalue weighted by Gasteiger charge is 2.19. The Balaban J connectivity index is 2.44. The van der Waals surface area contributed by atoms with Crippen molar-refractivity contribution in [2.24, 2.45) is 4.99 Å². The van der Waals surface area contributed by atoms with Gasteiger partial charge in [-0.2, -0.15) is 0 Å². The van der Waals surface area contributed by atoms with E-state index in [1.807, 2.05) is 0 Å². The number of aliphatic imine (C=N–C) groups is 1. The van der Waals surface area contributed by atoms with Crippen molar-refractivity contribution in [1.29, 1.82) is 0 Å². The molecule has 1 aliphatic heterocycles. The average Bonchev–Trinajstić information content (AvgIpc) is 1.90. The van der Waals surface area contributed by atoms with Crippen LogP contribution in [0.15, 0.2) is 4.99 Å². The van der Waals surface area contributed by atoms with Crippen LogP contribution in [0.3, 0.4) is 0 Å². The lowest BCUT2D eigenvalue weighted by Crippen LogP contribution is -2.29. The quantitative estimate of drug-likeness (QED) is 0.517. The van der Waals surface area contributed by atoms with Crippen molar-refractivity contribution in [2.75, 3.05) is 6.73 Å². The third kappa shape index (κ3) is 1.39. The van der Waals surface area contributed by atoms with Gasteiger partial charge in [-0.1, -0.05) is 0 Å². The van der Waals surface area contributed by atoms with Gasteiger partial charge in [-0.05, 0) is 0 Å². The van der Waals surface area contributed by atoms with E-state index in [9.17, 15) is 4.79 Å². The molecule has 1 N–H and O–H groups in total. The van der Waals surface area contributed by atoms with Crippen LogP contribution >= 0.6 is 0 Å². The summed E-state index contributed by atoms with van der Waals surface area (Å²) in [6.45, 7) is 0.0525. The number of aliphatic carboxylic acids is 1. The highest BCUT2D eigenvalue weighted by molar-refractivity contribution is 5.72. The maximum absolute atomic E-state index is 10.0. The fraction of sp³-hybridized carbons (Fsp3) is 0.500. The minimum absolute atomic E-state index is 0.0525. The number of carboxylic acids is 1. The Bertz CT molecular complexity index is 144.